The Bertz CT molecular complexity index is 398. The summed E-state index contributed by atoms with van der Waals surface area (Å²) < 4.78 is 5.67. The van der Waals surface area contributed by atoms with Gasteiger partial charge < -0.3 is 15.4 Å². The summed E-state index contributed by atoms with van der Waals surface area (Å²) in [6.45, 7) is 2.93. The van der Waals surface area contributed by atoms with Gasteiger partial charge in [0.1, 0.15) is 11.9 Å². The molecule has 1 aromatic rings. The molecule has 0 saturated carbocycles. The van der Waals surface area contributed by atoms with Gasteiger partial charge >= 0.3 is 0 Å². The zero-order valence-electron chi connectivity index (χ0n) is 9.76. The third-order valence-corrected chi connectivity index (χ3v) is 2.58. The van der Waals surface area contributed by atoms with Crippen LogP contribution in [0.25, 0.3) is 0 Å². The first-order chi connectivity index (χ1) is 7.72. The van der Waals surface area contributed by atoms with Gasteiger partial charge in [0.2, 0.25) is 5.91 Å². The molecule has 5 heteroatoms. The number of benzene rings is 1. The lowest BCUT2D eigenvalue weighted by molar-refractivity contribution is -0.118. The monoisotopic (exact) mass is 256 g/mol. The maximum Gasteiger partial charge on any atom is 0.228 e. The highest BCUT2D eigenvalue weighted by atomic mass is 35.5. The molecule has 0 spiro atoms. The van der Waals surface area contributed by atoms with Crippen molar-refractivity contribution < 1.29 is 9.53 Å². The summed E-state index contributed by atoms with van der Waals surface area (Å²) >= 11 is 0. The number of halogens is 1. The van der Waals surface area contributed by atoms with Gasteiger partial charge in [0.25, 0.3) is 0 Å². The maximum absolute atomic E-state index is 11.9. The number of para-hydroxylation sites is 2. The number of hydrogen-bond donors (Lipinski definition) is 1. The van der Waals surface area contributed by atoms with E-state index in [0.717, 1.165) is 11.4 Å². The third-order valence-electron chi connectivity index (χ3n) is 2.58. The number of carbonyl (C=O) groups excluding carboxylic acids is 1. The molecule has 1 unspecified atom stereocenters. The number of rotatable bonds is 2. The van der Waals surface area contributed by atoms with Gasteiger partial charge in [-0.15, -0.1) is 12.4 Å². The summed E-state index contributed by atoms with van der Waals surface area (Å²) in [6, 6.07) is 7.59. The van der Waals surface area contributed by atoms with E-state index >= 15 is 0 Å². The SMILES string of the molecule is CC1CN(C(=O)CCN)c2ccccc2O1.Cl. The standard InChI is InChI=1S/C12H16N2O2.ClH/c1-9-8-14(12(15)6-7-13)10-4-2-3-5-11(10)16-9;/h2-5,9H,6-8,13H2,1H3;1H. The van der Waals surface area contributed by atoms with Gasteiger partial charge in [-0.05, 0) is 19.1 Å². The average Bonchev–Trinajstić information content (AvgIpc) is 2.28. The van der Waals surface area contributed by atoms with Crippen LogP contribution in [0.2, 0.25) is 0 Å². The van der Waals surface area contributed by atoms with E-state index in [0.29, 0.717) is 19.5 Å². The normalized spacial score (nSPS) is 17.8. The first-order valence-corrected chi connectivity index (χ1v) is 5.48. The van der Waals surface area contributed by atoms with Crippen molar-refractivity contribution in [3.05, 3.63) is 24.3 Å². The third kappa shape index (κ3) is 2.90. The fourth-order valence-electron chi connectivity index (χ4n) is 1.88. The van der Waals surface area contributed by atoms with E-state index < -0.39 is 0 Å². The maximum atomic E-state index is 11.9. The summed E-state index contributed by atoms with van der Waals surface area (Å²) in [5, 5.41) is 0. The summed E-state index contributed by atoms with van der Waals surface area (Å²) in [6.07, 6.45) is 0.401. The predicted molar refractivity (Wildman–Crippen MR) is 69.8 cm³/mol. The Morgan fingerprint density at radius 1 is 1.53 bits per heavy atom. The quantitative estimate of drug-likeness (QED) is 0.874. The number of ether oxygens (including phenoxy) is 1. The Kier molecular flexibility index (Phi) is 4.78. The molecule has 1 aromatic carbocycles. The van der Waals surface area contributed by atoms with E-state index in [-0.39, 0.29) is 24.4 Å². The molecular weight excluding hydrogens is 240 g/mol. The molecule has 1 atom stereocenters. The number of anilines is 1. The van der Waals surface area contributed by atoms with Crippen LogP contribution in [0, 0.1) is 0 Å². The van der Waals surface area contributed by atoms with Crippen molar-refractivity contribution in [3.63, 3.8) is 0 Å². The second-order valence-corrected chi connectivity index (χ2v) is 3.94. The van der Waals surface area contributed by atoms with E-state index in [1.807, 2.05) is 31.2 Å². The lowest BCUT2D eigenvalue weighted by atomic mass is 10.2. The van der Waals surface area contributed by atoms with Crippen LogP contribution in [0.3, 0.4) is 0 Å². The summed E-state index contributed by atoms with van der Waals surface area (Å²) in [4.78, 5) is 13.7. The highest BCUT2D eigenvalue weighted by molar-refractivity contribution is 5.95. The molecule has 1 heterocycles. The number of nitrogens with zero attached hydrogens (tertiary/aromatic N) is 1. The van der Waals surface area contributed by atoms with Crippen molar-refractivity contribution in [1.82, 2.24) is 0 Å². The lowest BCUT2D eigenvalue weighted by Crippen LogP contribution is -2.42. The molecule has 0 aliphatic carbocycles. The summed E-state index contributed by atoms with van der Waals surface area (Å²) in [5.74, 6) is 0.830. The van der Waals surface area contributed by atoms with Gasteiger partial charge in [-0.1, -0.05) is 12.1 Å². The Morgan fingerprint density at radius 3 is 2.94 bits per heavy atom. The molecular formula is C12H17ClN2O2. The number of nitrogens with two attached hydrogens (primary N) is 1. The highest BCUT2D eigenvalue weighted by Crippen LogP contribution is 2.33. The average molecular weight is 257 g/mol. The number of amides is 1. The molecule has 0 aromatic heterocycles. The van der Waals surface area contributed by atoms with E-state index in [9.17, 15) is 4.79 Å². The Hall–Kier alpha value is -1.26. The largest absolute Gasteiger partial charge is 0.487 e. The van der Waals surface area contributed by atoms with E-state index in [2.05, 4.69) is 0 Å². The zero-order valence-corrected chi connectivity index (χ0v) is 10.6. The topological polar surface area (TPSA) is 55.6 Å². The van der Waals surface area contributed by atoms with Gasteiger partial charge in [-0.3, -0.25) is 4.79 Å². The van der Waals surface area contributed by atoms with Crippen LogP contribution in [0.1, 0.15) is 13.3 Å². The van der Waals surface area contributed by atoms with Crippen LogP contribution >= 0.6 is 12.4 Å². The molecule has 2 rings (SSSR count). The van der Waals surface area contributed by atoms with Crippen LogP contribution in [0.4, 0.5) is 5.69 Å². The first kappa shape index (κ1) is 13.8. The number of fused-ring (bicyclic) bond motifs is 1. The molecule has 0 saturated heterocycles. The van der Waals surface area contributed by atoms with Gasteiger partial charge in [0.05, 0.1) is 12.2 Å². The fourth-order valence-corrected chi connectivity index (χ4v) is 1.88. The van der Waals surface area contributed by atoms with Crippen molar-refractivity contribution in [3.8, 4) is 5.75 Å². The smallest absolute Gasteiger partial charge is 0.228 e. The van der Waals surface area contributed by atoms with Crippen molar-refractivity contribution in [2.24, 2.45) is 5.73 Å². The van der Waals surface area contributed by atoms with E-state index in [1.165, 1.54) is 0 Å². The molecule has 94 valence electrons. The van der Waals surface area contributed by atoms with Crippen molar-refractivity contribution in [1.29, 1.82) is 0 Å². The molecule has 0 bridgehead atoms. The number of hydrogen-bond acceptors (Lipinski definition) is 3. The van der Waals surface area contributed by atoms with Crippen LogP contribution < -0.4 is 15.4 Å². The van der Waals surface area contributed by atoms with Gasteiger partial charge in [0.15, 0.2) is 0 Å². The molecule has 1 aliphatic rings. The Labute approximate surface area is 107 Å². The van der Waals surface area contributed by atoms with Crippen molar-refractivity contribution >= 4 is 24.0 Å². The fraction of sp³-hybridized carbons (Fsp3) is 0.417. The second-order valence-electron chi connectivity index (χ2n) is 3.94. The molecule has 1 amide bonds. The minimum atomic E-state index is 0. The molecule has 17 heavy (non-hydrogen) atoms. The Morgan fingerprint density at radius 2 is 2.24 bits per heavy atom. The van der Waals surface area contributed by atoms with Gasteiger partial charge in [-0.25, -0.2) is 0 Å². The minimum absolute atomic E-state index is 0. The predicted octanol–water partition coefficient (Wildman–Crippen LogP) is 1.57. The zero-order chi connectivity index (χ0) is 11.5. The highest BCUT2D eigenvalue weighted by Gasteiger charge is 2.26. The molecule has 0 fully saturated rings. The van der Waals surface area contributed by atoms with Crippen molar-refractivity contribution in [2.75, 3.05) is 18.0 Å². The van der Waals surface area contributed by atoms with Crippen LogP contribution in [-0.2, 0) is 4.79 Å². The molecule has 4 nitrogen and oxygen atoms in total. The minimum Gasteiger partial charge on any atom is -0.487 e. The van der Waals surface area contributed by atoms with E-state index in [1.54, 1.807) is 4.90 Å². The molecule has 1 aliphatic heterocycles. The van der Waals surface area contributed by atoms with Crippen LogP contribution in [0.5, 0.6) is 5.75 Å². The Balaban J connectivity index is 0.00000144. The summed E-state index contributed by atoms with van der Waals surface area (Å²) in [7, 11) is 0. The van der Waals surface area contributed by atoms with E-state index in [4.69, 9.17) is 10.5 Å². The molecule has 2 N–H and O–H groups in total. The molecule has 0 radical (unpaired) electrons. The number of carbonyl (C=O) groups is 1. The van der Waals surface area contributed by atoms with Gasteiger partial charge in [0, 0.05) is 13.0 Å². The van der Waals surface area contributed by atoms with Crippen LogP contribution in [-0.4, -0.2) is 25.1 Å². The first-order valence-electron chi connectivity index (χ1n) is 5.48. The lowest BCUT2D eigenvalue weighted by Gasteiger charge is -2.33. The van der Waals surface area contributed by atoms with Crippen LogP contribution in [0.15, 0.2) is 24.3 Å². The summed E-state index contributed by atoms with van der Waals surface area (Å²) in [5.41, 5.74) is 6.26. The second kappa shape index (κ2) is 5.89. The van der Waals surface area contributed by atoms with Crippen molar-refractivity contribution in [2.45, 2.75) is 19.4 Å². The van der Waals surface area contributed by atoms with Gasteiger partial charge in [-0.2, -0.15) is 0 Å².